The van der Waals surface area contributed by atoms with E-state index in [4.69, 9.17) is 11.6 Å². The number of hydrogen-bond acceptors (Lipinski definition) is 4. The summed E-state index contributed by atoms with van der Waals surface area (Å²) in [4.78, 5) is 22.4. The van der Waals surface area contributed by atoms with Gasteiger partial charge in [-0.05, 0) is 37.6 Å². The monoisotopic (exact) mass is 413 g/mol. The number of alkyl halides is 3. The summed E-state index contributed by atoms with van der Waals surface area (Å²) in [5.74, 6) is 0. The highest BCUT2D eigenvalue weighted by molar-refractivity contribution is 7.17. The van der Waals surface area contributed by atoms with Crippen LogP contribution in [0.25, 0.3) is 4.96 Å². The number of benzene rings is 1. The Kier molecular flexibility index (Phi) is 5.14. The molecule has 2 aromatic heterocycles. The third-order valence-corrected chi connectivity index (χ3v) is 5.36. The second-order valence-electron chi connectivity index (χ2n) is 6.00. The van der Waals surface area contributed by atoms with E-state index in [1.165, 1.54) is 33.9 Å². The molecule has 0 radical (unpaired) electrons. The Morgan fingerprint density at radius 1 is 1.33 bits per heavy atom. The average Bonchev–Trinajstić information content (AvgIpc) is 2.89. The van der Waals surface area contributed by atoms with Crippen molar-refractivity contribution in [3.8, 4) is 0 Å². The first-order valence-electron chi connectivity index (χ1n) is 7.93. The van der Waals surface area contributed by atoms with Crippen molar-refractivity contribution in [2.24, 2.45) is 4.99 Å². The van der Waals surface area contributed by atoms with Crippen LogP contribution in [-0.2, 0) is 12.6 Å². The molecule has 27 heavy (non-hydrogen) atoms. The third kappa shape index (κ3) is 3.77. The maximum absolute atomic E-state index is 13.3. The minimum Gasteiger partial charge on any atom is -0.291 e. The number of aromatic nitrogens is 2. The Balaban J connectivity index is 2.14. The number of fused-ring (bicyclic) bond motifs is 1. The zero-order chi connectivity index (χ0) is 19.9. The summed E-state index contributed by atoms with van der Waals surface area (Å²) in [5, 5.41) is 0.194. The summed E-state index contributed by atoms with van der Waals surface area (Å²) in [5.41, 5.74) is 0.446. The van der Waals surface area contributed by atoms with Crippen molar-refractivity contribution < 1.29 is 13.2 Å². The summed E-state index contributed by atoms with van der Waals surface area (Å²) in [6.07, 6.45) is -4.66. The largest absolute Gasteiger partial charge is 0.416 e. The van der Waals surface area contributed by atoms with Gasteiger partial charge in [-0.1, -0.05) is 11.6 Å². The summed E-state index contributed by atoms with van der Waals surface area (Å²) < 4.78 is 41.2. The molecular weight excluding hydrogens is 399 g/mol. The molecule has 0 saturated heterocycles. The second-order valence-corrected chi connectivity index (χ2v) is 7.61. The quantitative estimate of drug-likeness (QED) is 0.581. The van der Waals surface area contributed by atoms with Gasteiger partial charge < -0.3 is 0 Å². The number of rotatable bonds is 3. The molecule has 0 spiro atoms. The Morgan fingerprint density at radius 2 is 2.04 bits per heavy atom. The van der Waals surface area contributed by atoms with Crippen molar-refractivity contribution in [1.82, 2.24) is 9.38 Å². The van der Waals surface area contributed by atoms with E-state index >= 15 is 0 Å². The van der Waals surface area contributed by atoms with Gasteiger partial charge in [-0.2, -0.15) is 13.2 Å². The first-order valence-corrected chi connectivity index (χ1v) is 9.12. The van der Waals surface area contributed by atoms with E-state index in [0.717, 1.165) is 10.9 Å². The first kappa shape index (κ1) is 19.6. The van der Waals surface area contributed by atoms with E-state index in [9.17, 15) is 18.0 Å². The fraction of sp³-hybridized carbons (Fsp3) is 0.278. The van der Waals surface area contributed by atoms with Crippen LogP contribution in [0.3, 0.4) is 0 Å². The molecule has 3 aromatic rings. The predicted octanol–water partition coefficient (Wildman–Crippen LogP) is 4.77. The van der Waals surface area contributed by atoms with E-state index in [1.54, 1.807) is 14.0 Å². The lowest BCUT2D eigenvalue weighted by Crippen LogP contribution is -2.19. The number of hydrogen-bond donors (Lipinski definition) is 0. The van der Waals surface area contributed by atoms with Crippen molar-refractivity contribution in [3.63, 3.8) is 0 Å². The molecule has 0 amide bonds. The minimum atomic E-state index is -4.51. The van der Waals surface area contributed by atoms with Gasteiger partial charge in [0.15, 0.2) is 4.96 Å². The van der Waals surface area contributed by atoms with Gasteiger partial charge in [0, 0.05) is 29.4 Å². The molecule has 3 rings (SSSR count). The molecule has 0 aliphatic carbocycles. The van der Waals surface area contributed by atoms with E-state index in [-0.39, 0.29) is 28.3 Å². The van der Waals surface area contributed by atoms with Crippen molar-refractivity contribution in [2.75, 3.05) is 7.05 Å². The van der Waals surface area contributed by atoms with Crippen LogP contribution in [0.4, 0.5) is 13.2 Å². The third-order valence-electron chi connectivity index (χ3n) is 4.16. The molecule has 9 heteroatoms. The smallest absolute Gasteiger partial charge is 0.291 e. The standard InChI is InChI=1S/C18H15ClF3N3OS/c1-9(23-3)16-10(2)27-17-24-13(8-15(26)25(16)17)7-11-6-12(19)4-5-14(11)18(20,21)22/h4-6,8H,7H2,1-3H3. The van der Waals surface area contributed by atoms with Crippen LogP contribution in [0.5, 0.6) is 0 Å². The fourth-order valence-electron chi connectivity index (χ4n) is 2.92. The number of nitrogens with zero attached hydrogens (tertiary/aromatic N) is 3. The van der Waals surface area contributed by atoms with E-state index in [2.05, 4.69) is 9.98 Å². The number of aliphatic imine (C=N–C) groups is 1. The van der Waals surface area contributed by atoms with E-state index in [1.807, 2.05) is 6.92 Å². The zero-order valence-electron chi connectivity index (χ0n) is 14.7. The van der Waals surface area contributed by atoms with Crippen molar-refractivity contribution in [3.05, 3.63) is 67.0 Å². The molecule has 0 aliphatic heterocycles. The Hall–Kier alpha value is -2.19. The topological polar surface area (TPSA) is 46.7 Å². The molecule has 142 valence electrons. The molecule has 2 heterocycles. The maximum atomic E-state index is 13.3. The van der Waals surface area contributed by atoms with Gasteiger partial charge in [-0.25, -0.2) is 9.38 Å². The van der Waals surface area contributed by atoms with Crippen LogP contribution in [0, 0.1) is 6.92 Å². The number of halogens is 4. The summed E-state index contributed by atoms with van der Waals surface area (Å²) in [6, 6.07) is 4.65. The fourth-order valence-corrected chi connectivity index (χ4v) is 4.16. The van der Waals surface area contributed by atoms with Crippen LogP contribution < -0.4 is 5.56 Å². The summed E-state index contributed by atoms with van der Waals surface area (Å²) in [6.45, 7) is 3.64. The Morgan fingerprint density at radius 3 is 2.67 bits per heavy atom. The predicted molar refractivity (Wildman–Crippen MR) is 101 cm³/mol. The van der Waals surface area contributed by atoms with Crippen molar-refractivity contribution >= 4 is 33.6 Å². The van der Waals surface area contributed by atoms with Gasteiger partial charge in [-0.3, -0.25) is 9.79 Å². The molecule has 0 unspecified atom stereocenters. The molecule has 0 saturated carbocycles. The van der Waals surface area contributed by atoms with Crippen LogP contribution in [0.2, 0.25) is 5.02 Å². The highest BCUT2D eigenvalue weighted by Gasteiger charge is 2.33. The van der Waals surface area contributed by atoms with Crippen molar-refractivity contribution in [1.29, 1.82) is 0 Å². The maximum Gasteiger partial charge on any atom is 0.416 e. The van der Waals surface area contributed by atoms with Gasteiger partial charge in [0.05, 0.1) is 22.7 Å². The molecule has 0 atom stereocenters. The summed E-state index contributed by atoms with van der Waals surface area (Å²) in [7, 11) is 1.63. The highest BCUT2D eigenvalue weighted by atomic mass is 35.5. The van der Waals surface area contributed by atoms with E-state index < -0.39 is 11.7 Å². The van der Waals surface area contributed by atoms with Gasteiger partial charge in [0.2, 0.25) is 0 Å². The summed E-state index contributed by atoms with van der Waals surface area (Å²) >= 11 is 7.17. The van der Waals surface area contributed by atoms with Gasteiger partial charge in [0.1, 0.15) is 0 Å². The second kappa shape index (κ2) is 7.09. The lowest BCUT2D eigenvalue weighted by atomic mass is 10.0. The molecule has 0 fully saturated rings. The first-order chi connectivity index (χ1) is 12.6. The highest BCUT2D eigenvalue weighted by Crippen LogP contribution is 2.34. The van der Waals surface area contributed by atoms with Crippen LogP contribution >= 0.6 is 22.9 Å². The SMILES string of the molecule is CN=C(C)c1c(C)sc2nc(Cc3cc(Cl)ccc3C(F)(F)F)cc(=O)n12. The molecule has 4 nitrogen and oxygen atoms in total. The normalized spacial score (nSPS) is 12.8. The van der Waals surface area contributed by atoms with Crippen molar-refractivity contribution in [2.45, 2.75) is 26.4 Å². The zero-order valence-corrected chi connectivity index (χ0v) is 16.3. The molecule has 0 bridgehead atoms. The van der Waals surface area contributed by atoms with Crippen LogP contribution in [0.1, 0.15) is 34.3 Å². The lowest BCUT2D eigenvalue weighted by Gasteiger charge is -2.13. The molecular formula is C18H15ClF3N3OS. The molecule has 0 N–H and O–H groups in total. The van der Waals surface area contributed by atoms with Gasteiger partial charge in [-0.15, -0.1) is 11.3 Å². The number of aryl methyl sites for hydroxylation is 1. The molecule has 1 aromatic carbocycles. The Bertz CT molecular complexity index is 1120. The van der Waals surface area contributed by atoms with Gasteiger partial charge in [0.25, 0.3) is 5.56 Å². The molecule has 0 aliphatic rings. The average molecular weight is 414 g/mol. The van der Waals surface area contributed by atoms with Gasteiger partial charge >= 0.3 is 6.18 Å². The Labute approximate surface area is 162 Å². The van der Waals surface area contributed by atoms with Crippen LogP contribution in [0.15, 0.2) is 34.1 Å². The minimum absolute atomic E-state index is 0.0222. The lowest BCUT2D eigenvalue weighted by molar-refractivity contribution is -0.138. The number of thiazole rings is 1. The van der Waals surface area contributed by atoms with Crippen LogP contribution in [-0.4, -0.2) is 22.1 Å². The van der Waals surface area contributed by atoms with E-state index in [0.29, 0.717) is 16.4 Å².